The summed E-state index contributed by atoms with van der Waals surface area (Å²) in [5.41, 5.74) is 2.55. The molecule has 0 saturated heterocycles. The smallest absolute Gasteiger partial charge is 0.128 e. The van der Waals surface area contributed by atoms with Gasteiger partial charge in [-0.25, -0.2) is 4.39 Å². The molecule has 3 heteroatoms. The van der Waals surface area contributed by atoms with Crippen LogP contribution in [0.5, 0.6) is 0 Å². The predicted molar refractivity (Wildman–Crippen MR) is 69.9 cm³/mol. The summed E-state index contributed by atoms with van der Waals surface area (Å²) in [5.74, 6) is -0.195. The van der Waals surface area contributed by atoms with Crippen molar-refractivity contribution in [1.82, 2.24) is 0 Å². The van der Waals surface area contributed by atoms with Crippen molar-refractivity contribution in [2.45, 2.75) is 13.5 Å². The van der Waals surface area contributed by atoms with Gasteiger partial charge in [0, 0.05) is 22.8 Å². The molecule has 88 valence electrons. The minimum atomic E-state index is -0.195. The molecule has 0 amide bonds. The van der Waals surface area contributed by atoms with Crippen LogP contribution in [0.3, 0.4) is 0 Å². The van der Waals surface area contributed by atoms with E-state index in [9.17, 15) is 4.39 Å². The van der Waals surface area contributed by atoms with E-state index in [-0.39, 0.29) is 5.82 Å². The van der Waals surface area contributed by atoms with Crippen LogP contribution in [0.4, 0.5) is 10.1 Å². The first kappa shape index (κ1) is 11.9. The largest absolute Gasteiger partial charge is 0.381 e. The maximum absolute atomic E-state index is 13.4. The van der Waals surface area contributed by atoms with Crippen LogP contribution < -0.4 is 5.32 Å². The van der Waals surface area contributed by atoms with Crippen LogP contribution in [0, 0.1) is 12.7 Å². The molecule has 0 aliphatic rings. The van der Waals surface area contributed by atoms with Crippen molar-refractivity contribution in [2.75, 3.05) is 5.32 Å². The summed E-state index contributed by atoms with van der Waals surface area (Å²) >= 11 is 6.01. The first-order valence-corrected chi connectivity index (χ1v) is 5.78. The van der Waals surface area contributed by atoms with Crippen LogP contribution in [-0.2, 0) is 6.54 Å². The normalized spacial score (nSPS) is 10.3. The van der Waals surface area contributed by atoms with Gasteiger partial charge in [0.1, 0.15) is 5.82 Å². The fourth-order valence-corrected chi connectivity index (χ4v) is 1.81. The van der Waals surface area contributed by atoms with Gasteiger partial charge in [0.15, 0.2) is 0 Å². The Bertz CT molecular complexity index is 525. The van der Waals surface area contributed by atoms with Crippen molar-refractivity contribution in [1.29, 1.82) is 0 Å². The van der Waals surface area contributed by atoms with Crippen molar-refractivity contribution in [3.63, 3.8) is 0 Å². The molecule has 0 aliphatic carbocycles. The van der Waals surface area contributed by atoms with E-state index >= 15 is 0 Å². The zero-order valence-corrected chi connectivity index (χ0v) is 10.3. The van der Waals surface area contributed by atoms with Crippen LogP contribution in [-0.4, -0.2) is 0 Å². The van der Waals surface area contributed by atoms with Crippen molar-refractivity contribution in [2.24, 2.45) is 0 Å². The lowest BCUT2D eigenvalue weighted by molar-refractivity contribution is 0.613. The third kappa shape index (κ3) is 2.77. The molecule has 0 fully saturated rings. The summed E-state index contributed by atoms with van der Waals surface area (Å²) < 4.78 is 13.4. The van der Waals surface area contributed by atoms with Gasteiger partial charge in [-0.1, -0.05) is 35.9 Å². The molecule has 1 N–H and O–H groups in total. The van der Waals surface area contributed by atoms with Crippen molar-refractivity contribution >= 4 is 17.3 Å². The number of hydrogen-bond acceptors (Lipinski definition) is 1. The third-order valence-electron chi connectivity index (χ3n) is 2.69. The highest BCUT2D eigenvalue weighted by Gasteiger charge is 2.03. The Balaban J connectivity index is 2.13. The Labute approximate surface area is 105 Å². The standard InChI is InChI=1S/C14H13ClFN/c1-10-12(15)6-4-8-14(10)17-9-11-5-2-3-7-13(11)16/h2-8,17H,9H2,1H3. The lowest BCUT2D eigenvalue weighted by Gasteiger charge is -2.11. The molecule has 2 aromatic carbocycles. The molecule has 0 radical (unpaired) electrons. The van der Waals surface area contributed by atoms with E-state index in [0.29, 0.717) is 17.1 Å². The van der Waals surface area contributed by atoms with E-state index in [0.717, 1.165) is 11.3 Å². The molecule has 0 heterocycles. The Morgan fingerprint density at radius 1 is 1.12 bits per heavy atom. The maximum atomic E-state index is 13.4. The summed E-state index contributed by atoms with van der Waals surface area (Å²) in [4.78, 5) is 0. The summed E-state index contributed by atoms with van der Waals surface area (Å²) in [5, 5.41) is 3.90. The Morgan fingerprint density at radius 2 is 1.88 bits per heavy atom. The molecule has 1 nitrogen and oxygen atoms in total. The molecule has 0 bridgehead atoms. The predicted octanol–water partition coefficient (Wildman–Crippen LogP) is 4.40. The highest BCUT2D eigenvalue weighted by atomic mass is 35.5. The van der Waals surface area contributed by atoms with E-state index in [1.807, 2.05) is 31.2 Å². The third-order valence-corrected chi connectivity index (χ3v) is 3.10. The van der Waals surface area contributed by atoms with E-state index in [1.54, 1.807) is 12.1 Å². The molecule has 0 spiro atoms. The lowest BCUT2D eigenvalue weighted by Crippen LogP contribution is -2.03. The molecule has 2 aromatic rings. The SMILES string of the molecule is Cc1c(Cl)cccc1NCc1ccccc1F. The molecular weight excluding hydrogens is 237 g/mol. The zero-order valence-electron chi connectivity index (χ0n) is 9.50. The van der Waals surface area contributed by atoms with Crippen molar-refractivity contribution in [3.05, 3.63) is 64.4 Å². The number of rotatable bonds is 3. The summed E-state index contributed by atoms with van der Waals surface area (Å²) in [6.45, 7) is 2.39. The average molecular weight is 250 g/mol. The van der Waals surface area contributed by atoms with Crippen molar-refractivity contribution in [3.8, 4) is 0 Å². The van der Waals surface area contributed by atoms with Gasteiger partial charge < -0.3 is 5.32 Å². The van der Waals surface area contributed by atoms with E-state index in [2.05, 4.69) is 5.32 Å². The highest BCUT2D eigenvalue weighted by molar-refractivity contribution is 6.31. The fraction of sp³-hybridized carbons (Fsp3) is 0.143. The molecule has 2 rings (SSSR count). The van der Waals surface area contributed by atoms with Crippen LogP contribution in [0.15, 0.2) is 42.5 Å². The second kappa shape index (κ2) is 5.19. The van der Waals surface area contributed by atoms with Gasteiger partial charge in [-0.3, -0.25) is 0 Å². The quantitative estimate of drug-likeness (QED) is 0.850. The van der Waals surface area contributed by atoms with E-state index in [1.165, 1.54) is 6.07 Å². The number of hydrogen-bond donors (Lipinski definition) is 1. The van der Waals surface area contributed by atoms with Gasteiger partial charge in [-0.15, -0.1) is 0 Å². The first-order valence-electron chi connectivity index (χ1n) is 5.41. The second-order valence-electron chi connectivity index (χ2n) is 3.86. The molecule has 0 aromatic heterocycles. The van der Waals surface area contributed by atoms with Gasteiger partial charge in [0.2, 0.25) is 0 Å². The Kier molecular flexibility index (Phi) is 3.64. The Hall–Kier alpha value is -1.54. The highest BCUT2D eigenvalue weighted by Crippen LogP contribution is 2.23. The van der Waals surface area contributed by atoms with Crippen LogP contribution >= 0.6 is 11.6 Å². The van der Waals surface area contributed by atoms with Gasteiger partial charge in [-0.2, -0.15) is 0 Å². The number of nitrogens with one attached hydrogen (secondary N) is 1. The summed E-state index contributed by atoms with van der Waals surface area (Å²) in [6.07, 6.45) is 0. The molecule has 0 saturated carbocycles. The van der Waals surface area contributed by atoms with Gasteiger partial charge in [0.05, 0.1) is 0 Å². The minimum Gasteiger partial charge on any atom is -0.381 e. The lowest BCUT2D eigenvalue weighted by atomic mass is 10.1. The van der Waals surface area contributed by atoms with Gasteiger partial charge >= 0.3 is 0 Å². The van der Waals surface area contributed by atoms with Crippen LogP contribution in [0.25, 0.3) is 0 Å². The number of benzene rings is 2. The molecule has 0 unspecified atom stereocenters. The maximum Gasteiger partial charge on any atom is 0.128 e. The first-order chi connectivity index (χ1) is 8.18. The van der Waals surface area contributed by atoms with Crippen LogP contribution in [0.1, 0.15) is 11.1 Å². The minimum absolute atomic E-state index is 0.195. The molecule has 17 heavy (non-hydrogen) atoms. The average Bonchev–Trinajstić information content (AvgIpc) is 2.33. The second-order valence-corrected chi connectivity index (χ2v) is 4.26. The zero-order chi connectivity index (χ0) is 12.3. The topological polar surface area (TPSA) is 12.0 Å². The monoisotopic (exact) mass is 249 g/mol. The van der Waals surface area contributed by atoms with E-state index in [4.69, 9.17) is 11.6 Å². The molecular formula is C14H13ClFN. The summed E-state index contributed by atoms with van der Waals surface area (Å²) in [6, 6.07) is 12.4. The van der Waals surface area contributed by atoms with Gasteiger partial charge in [0.25, 0.3) is 0 Å². The number of anilines is 1. The Morgan fingerprint density at radius 3 is 2.65 bits per heavy atom. The van der Waals surface area contributed by atoms with Crippen molar-refractivity contribution < 1.29 is 4.39 Å². The van der Waals surface area contributed by atoms with Crippen LogP contribution in [0.2, 0.25) is 5.02 Å². The fourth-order valence-electron chi connectivity index (χ4n) is 1.63. The molecule has 0 atom stereocenters. The van der Waals surface area contributed by atoms with E-state index < -0.39 is 0 Å². The number of halogens is 2. The van der Waals surface area contributed by atoms with Gasteiger partial charge in [-0.05, 0) is 30.7 Å². The molecule has 0 aliphatic heterocycles. The summed E-state index contributed by atoms with van der Waals surface area (Å²) in [7, 11) is 0.